The van der Waals surface area contributed by atoms with Gasteiger partial charge in [-0.15, -0.1) is 0 Å². The van der Waals surface area contributed by atoms with E-state index in [-0.39, 0.29) is 5.75 Å². The van der Waals surface area contributed by atoms with Crippen LogP contribution in [0.1, 0.15) is 12.5 Å². The average Bonchev–Trinajstić information content (AvgIpc) is 2.05. The van der Waals surface area contributed by atoms with E-state index in [1.54, 1.807) is 13.2 Å². The zero-order chi connectivity index (χ0) is 8.27. The molecule has 60 valence electrons. The smallest absolute Gasteiger partial charge is 0.213 e. The van der Waals surface area contributed by atoms with Gasteiger partial charge >= 0.3 is 0 Å². The third kappa shape index (κ3) is 1.61. The van der Waals surface area contributed by atoms with Crippen molar-refractivity contribution >= 4 is 0 Å². The normalized spacial score (nSPS) is 9.64. The lowest BCUT2D eigenvalue weighted by Gasteiger charge is -2.02. The fourth-order valence-corrected chi connectivity index (χ4v) is 0.863. The molecule has 0 aromatic carbocycles. The van der Waals surface area contributed by atoms with Gasteiger partial charge in [-0.2, -0.15) is 0 Å². The summed E-state index contributed by atoms with van der Waals surface area (Å²) in [6, 6.07) is 1.73. The van der Waals surface area contributed by atoms with Crippen LogP contribution in [0.2, 0.25) is 0 Å². The van der Waals surface area contributed by atoms with E-state index in [1.807, 2.05) is 6.92 Å². The van der Waals surface area contributed by atoms with E-state index in [1.165, 1.54) is 6.20 Å². The Kier molecular flexibility index (Phi) is 2.31. The molecule has 0 atom stereocenters. The van der Waals surface area contributed by atoms with Crippen LogP contribution in [-0.4, -0.2) is 17.2 Å². The minimum atomic E-state index is 0.230. The Balaban J connectivity index is 3.02. The van der Waals surface area contributed by atoms with E-state index in [2.05, 4.69) is 4.98 Å². The van der Waals surface area contributed by atoms with Crippen LogP contribution in [-0.2, 0) is 6.42 Å². The van der Waals surface area contributed by atoms with E-state index in [0.717, 1.165) is 12.0 Å². The maximum atomic E-state index is 9.21. The monoisotopic (exact) mass is 153 g/mol. The molecule has 0 aliphatic carbocycles. The lowest BCUT2D eigenvalue weighted by Crippen LogP contribution is -1.89. The number of ether oxygens (including phenoxy) is 1. The molecule has 1 aromatic heterocycles. The van der Waals surface area contributed by atoms with E-state index < -0.39 is 0 Å². The highest BCUT2D eigenvalue weighted by atomic mass is 16.5. The van der Waals surface area contributed by atoms with Crippen LogP contribution in [0.3, 0.4) is 0 Å². The van der Waals surface area contributed by atoms with Gasteiger partial charge in [0.2, 0.25) is 5.88 Å². The van der Waals surface area contributed by atoms with Gasteiger partial charge in [0.05, 0.1) is 13.3 Å². The van der Waals surface area contributed by atoms with E-state index in [0.29, 0.717) is 5.88 Å². The van der Waals surface area contributed by atoms with E-state index in [9.17, 15) is 5.11 Å². The SMILES string of the molecule is CCc1cc(OC)ncc1O. The summed E-state index contributed by atoms with van der Waals surface area (Å²) < 4.78 is 4.89. The third-order valence-corrected chi connectivity index (χ3v) is 1.53. The highest BCUT2D eigenvalue weighted by molar-refractivity contribution is 5.33. The third-order valence-electron chi connectivity index (χ3n) is 1.53. The fourth-order valence-electron chi connectivity index (χ4n) is 0.863. The molecule has 0 aliphatic rings. The molecule has 0 fully saturated rings. The van der Waals surface area contributed by atoms with Crippen molar-refractivity contribution in [1.82, 2.24) is 4.98 Å². The summed E-state index contributed by atoms with van der Waals surface area (Å²) in [5.41, 5.74) is 0.858. The minimum absolute atomic E-state index is 0.230. The number of nitrogens with zero attached hydrogens (tertiary/aromatic N) is 1. The Hall–Kier alpha value is -1.25. The lowest BCUT2D eigenvalue weighted by molar-refractivity contribution is 0.392. The van der Waals surface area contributed by atoms with Crippen molar-refractivity contribution in [2.24, 2.45) is 0 Å². The van der Waals surface area contributed by atoms with Crippen molar-refractivity contribution in [3.63, 3.8) is 0 Å². The van der Waals surface area contributed by atoms with Crippen LogP contribution in [0, 0.1) is 0 Å². The van der Waals surface area contributed by atoms with Crippen molar-refractivity contribution in [3.8, 4) is 11.6 Å². The van der Waals surface area contributed by atoms with Gasteiger partial charge in [-0.1, -0.05) is 6.92 Å². The Labute approximate surface area is 65.7 Å². The first-order valence-electron chi connectivity index (χ1n) is 3.49. The summed E-state index contributed by atoms with van der Waals surface area (Å²) >= 11 is 0. The molecule has 0 unspecified atom stereocenters. The number of pyridine rings is 1. The van der Waals surface area contributed by atoms with E-state index >= 15 is 0 Å². The molecule has 0 saturated heterocycles. The largest absolute Gasteiger partial charge is 0.506 e. The summed E-state index contributed by atoms with van der Waals surface area (Å²) in [6.07, 6.45) is 2.18. The second-order valence-corrected chi connectivity index (χ2v) is 2.21. The molecular weight excluding hydrogens is 142 g/mol. The first-order chi connectivity index (χ1) is 5.27. The second-order valence-electron chi connectivity index (χ2n) is 2.21. The van der Waals surface area contributed by atoms with Crippen molar-refractivity contribution in [1.29, 1.82) is 0 Å². The van der Waals surface area contributed by atoms with Gasteiger partial charge in [0.15, 0.2) is 0 Å². The molecule has 0 spiro atoms. The number of methoxy groups -OCH3 is 1. The molecule has 1 N–H and O–H groups in total. The number of aryl methyl sites for hydroxylation is 1. The number of hydrogen-bond acceptors (Lipinski definition) is 3. The topological polar surface area (TPSA) is 42.4 Å². The number of hydrogen-bond donors (Lipinski definition) is 1. The van der Waals surface area contributed by atoms with Crippen LogP contribution in [0.25, 0.3) is 0 Å². The molecule has 1 rings (SSSR count). The van der Waals surface area contributed by atoms with Gasteiger partial charge in [0, 0.05) is 11.6 Å². The highest BCUT2D eigenvalue weighted by Gasteiger charge is 2.00. The molecule has 0 aliphatic heterocycles. The Bertz CT molecular complexity index is 248. The zero-order valence-corrected chi connectivity index (χ0v) is 6.66. The summed E-state index contributed by atoms with van der Waals surface area (Å²) in [7, 11) is 1.55. The van der Waals surface area contributed by atoms with Gasteiger partial charge in [-0.05, 0) is 6.42 Å². The molecule has 0 amide bonds. The average molecular weight is 153 g/mol. The molecule has 1 aromatic rings. The predicted molar refractivity (Wildman–Crippen MR) is 41.8 cm³/mol. The standard InChI is InChI=1S/C8H11NO2/c1-3-6-4-8(11-2)9-5-7(6)10/h4-5,10H,3H2,1-2H3. The van der Waals surface area contributed by atoms with Gasteiger partial charge in [-0.25, -0.2) is 4.98 Å². The maximum absolute atomic E-state index is 9.21. The van der Waals surface area contributed by atoms with Crippen LogP contribution in [0.4, 0.5) is 0 Å². The van der Waals surface area contributed by atoms with Gasteiger partial charge in [-0.3, -0.25) is 0 Å². The van der Waals surface area contributed by atoms with Crippen molar-refractivity contribution < 1.29 is 9.84 Å². The first kappa shape index (κ1) is 7.85. The van der Waals surface area contributed by atoms with Gasteiger partial charge < -0.3 is 9.84 Å². The van der Waals surface area contributed by atoms with Crippen LogP contribution in [0.5, 0.6) is 11.6 Å². The van der Waals surface area contributed by atoms with Gasteiger partial charge in [0.1, 0.15) is 5.75 Å². The molecule has 3 nitrogen and oxygen atoms in total. The Morgan fingerprint density at radius 3 is 2.91 bits per heavy atom. The lowest BCUT2D eigenvalue weighted by atomic mass is 10.2. The Morgan fingerprint density at radius 2 is 2.36 bits per heavy atom. The quantitative estimate of drug-likeness (QED) is 0.697. The number of aromatic hydroxyl groups is 1. The van der Waals surface area contributed by atoms with Crippen molar-refractivity contribution in [2.45, 2.75) is 13.3 Å². The van der Waals surface area contributed by atoms with Crippen molar-refractivity contribution in [3.05, 3.63) is 17.8 Å². The molecule has 1 heterocycles. The second kappa shape index (κ2) is 3.23. The molecule has 11 heavy (non-hydrogen) atoms. The molecule has 0 bridgehead atoms. The Morgan fingerprint density at radius 1 is 1.64 bits per heavy atom. The summed E-state index contributed by atoms with van der Waals surface area (Å²) in [5, 5.41) is 9.21. The molecule has 3 heteroatoms. The minimum Gasteiger partial charge on any atom is -0.506 e. The summed E-state index contributed by atoms with van der Waals surface area (Å²) in [5.74, 6) is 0.771. The number of aromatic nitrogens is 1. The fraction of sp³-hybridized carbons (Fsp3) is 0.375. The van der Waals surface area contributed by atoms with Crippen LogP contribution in [0.15, 0.2) is 12.3 Å². The zero-order valence-electron chi connectivity index (χ0n) is 6.66. The van der Waals surface area contributed by atoms with Crippen LogP contribution < -0.4 is 4.74 Å². The first-order valence-corrected chi connectivity index (χ1v) is 3.49. The maximum Gasteiger partial charge on any atom is 0.213 e. The van der Waals surface area contributed by atoms with Gasteiger partial charge in [0.25, 0.3) is 0 Å². The molecule has 0 radical (unpaired) electrons. The predicted octanol–water partition coefficient (Wildman–Crippen LogP) is 1.36. The van der Waals surface area contributed by atoms with Crippen molar-refractivity contribution in [2.75, 3.05) is 7.11 Å². The molecular formula is C8H11NO2. The molecule has 0 saturated carbocycles. The van der Waals surface area contributed by atoms with E-state index in [4.69, 9.17) is 4.74 Å². The van der Waals surface area contributed by atoms with Crippen LogP contribution >= 0.6 is 0 Å². The highest BCUT2D eigenvalue weighted by Crippen LogP contribution is 2.19. The summed E-state index contributed by atoms with van der Waals surface area (Å²) in [6.45, 7) is 1.97. The number of rotatable bonds is 2. The summed E-state index contributed by atoms with van der Waals surface area (Å²) in [4.78, 5) is 3.83.